The summed E-state index contributed by atoms with van der Waals surface area (Å²) < 4.78 is 18.1. The Kier molecular flexibility index (Phi) is 13.6. The minimum Gasteiger partial charge on any atom is -0.382 e. The van der Waals surface area contributed by atoms with Gasteiger partial charge in [0.05, 0.1) is 37.7 Å². The number of aromatic nitrogens is 3. The fourth-order valence-electron chi connectivity index (χ4n) is 5.73. The van der Waals surface area contributed by atoms with Crippen LogP contribution in [0.1, 0.15) is 72.1 Å². The van der Waals surface area contributed by atoms with Crippen molar-refractivity contribution in [1.29, 1.82) is 0 Å². The van der Waals surface area contributed by atoms with E-state index in [1.807, 2.05) is 83.1 Å². The number of hydrogen-bond acceptors (Lipinski definition) is 9. The summed E-state index contributed by atoms with van der Waals surface area (Å²) in [4.78, 5) is 40.7. The maximum absolute atomic E-state index is 13.8. The van der Waals surface area contributed by atoms with Crippen LogP contribution in [0.2, 0.25) is 0 Å². The van der Waals surface area contributed by atoms with Gasteiger partial charge in [0.25, 0.3) is 0 Å². The molecule has 1 atom stereocenters. The molecular weight excluding hydrogens is 640 g/mol. The van der Waals surface area contributed by atoms with E-state index in [1.165, 1.54) is 4.68 Å². The van der Waals surface area contributed by atoms with E-state index in [0.717, 1.165) is 11.1 Å². The van der Waals surface area contributed by atoms with Gasteiger partial charge in [-0.2, -0.15) is 0 Å². The van der Waals surface area contributed by atoms with Crippen LogP contribution in [0, 0.1) is 5.41 Å². The number of anilines is 1. The maximum Gasteiger partial charge on any atom is 0.227 e. The first-order valence-corrected chi connectivity index (χ1v) is 17.3. The fourth-order valence-corrected chi connectivity index (χ4v) is 5.73. The molecule has 1 unspecified atom stereocenters. The maximum atomic E-state index is 13.8. The molecule has 272 valence electrons. The predicted octanol–water partition coefficient (Wildman–Crippen LogP) is 4.25. The molecule has 13 nitrogen and oxygen atoms in total. The highest BCUT2D eigenvalue weighted by molar-refractivity contribution is 6.01. The molecule has 0 radical (unpaired) electrons. The van der Waals surface area contributed by atoms with E-state index in [-0.39, 0.29) is 43.7 Å². The summed E-state index contributed by atoms with van der Waals surface area (Å²) in [7, 11) is 1.58. The normalized spacial score (nSPS) is 13.4. The van der Waals surface area contributed by atoms with Crippen molar-refractivity contribution in [1.82, 2.24) is 25.6 Å². The molecule has 3 aromatic rings. The van der Waals surface area contributed by atoms with Gasteiger partial charge in [-0.05, 0) is 45.2 Å². The van der Waals surface area contributed by atoms with Crippen LogP contribution in [0.5, 0.6) is 0 Å². The Balaban J connectivity index is 1.40. The average molecular weight is 693 g/mol. The zero-order valence-corrected chi connectivity index (χ0v) is 30.2. The highest BCUT2D eigenvalue weighted by Gasteiger charge is 2.31. The molecule has 0 aliphatic carbocycles. The van der Waals surface area contributed by atoms with Crippen molar-refractivity contribution in [3.05, 3.63) is 54.1 Å². The topological polar surface area (TPSA) is 157 Å². The van der Waals surface area contributed by atoms with Crippen LogP contribution < -0.4 is 15.5 Å². The minimum atomic E-state index is -1.10. The standard InChI is InChI=1S/C37H52N6O7/c1-7-38-35(47)36(2,3)19-21-50-37(4,5)18-20-39-30(44)16-17-31(45)42-24-26-12-8-9-13-27(26)34-33(28-14-10-11-15-29(28)42)40-41-43(34)32(46)25-49-23-22-48-6/h8-15,32,46H,7,16-25H2,1-6H3,(H,38,47)(H,39,44). The van der Waals surface area contributed by atoms with Crippen LogP contribution in [0.25, 0.3) is 22.5 Å². The molecule has 0 saturated heterocycles. The Morgan fingerprint density at radius 3 is 2.40 bits per heavy atom. The number of aliphatic hydroxyl groups is 1. The highest BCUT2D eigenvalue weighted by Crippen LogP contribution is 2.41. The number of carbonyl (C=O) groups excluding carboxylic acids is 3. The molecule has 3 N–H and O–H groups in total. The van der Waals surface area contributed by atoms with Crippen LogP contribution in [0.4, 0.5) is 5.69 Å². The number of fused-ring (bicyclic) bond motifs is 5. The lowest BCUT2D eigenvalue weighted by molar-refractivity contribution is -0.131. The second-order valence-corrected chi connectivity index (χ2v) is 13.6. The van der Waals surface area contributed by atoms with Crippen molar-refractivity contribution in [2.75, 3.05) is 51.5 Å². The molecule has 50 heavy (non-hydrogen) atoms. The Morgan fingerprint density at radius 1 is 0.940 bits per heavy atom. The van der Waals surface area contributed by atoms with Gasteiger partial charge in [0, 0.05) is 56.2 Å². The van der Waals surface area contributed by atoms with Crippen LogP contribution in [-0.4, -0.2) is 90.0 Å². The SMILES string of the molecule is CCNC(=O)C(C)(C)CCOC(C)(C)CCNC(=O)CCC(=O)N1Cc2ccccc2-c2c(nnn2C(O)COCCOC)-c2ccccc21. The summed E-state index contributed by atoms with van der Waals surface area (Å²) in [6, 6.07) is 15.1. The number of amides is 3. The number of benzene rings is 2. The number of hydrogen-bond donors (Lipinski definition) is 3. The van der Waals surface area contributed by atoms with Crippen molar-refractivity contribution >= 4 is 23.4 Å². The van der Waals surface area contributed by atoms with Crippen molar-refractivity contribution in [3.63, 3.8) is 0 Å². The van der Waals surface area contributed by atoms with Gasteiger partial charge in [-0.1, -0.05) is 61.5 Å². The first-order valence-electron chi connectivity index (χ1n) is 17.3. The summed E-state index contributed by atoms with van der Waals surface area (Å²) in [6.45, 7) is 12.0. The number of para-hydroxylation sites is 1. The third-order valence-electron chi connectivity index (χ3n) is 8.81. The number of methoxy groups -OCH3 is 1. The van der Waals surface area contributed by atoms with Crippen molar-refractivity contribution in [2.24, 2.45) is 5.41 Å². The van der Waals surface area contributed by atoms with Crippen LogP contribution in [-0.2, 0) is 35.1 Å². The summed E-state index contributed by atoms with van der Waals surface area (Å²) in [5, 5.41) is 25.6. The number of aliphatic hydroxyl groups excluding tert-OH is 1. The predicted molar refractivity (Wildman–Crippen MR) is 190 cm³/mol. The molecule has 2 aromatic carbocycles. The molecule has 1 aromatic heterocycles. The van der Waals surface area contributed by atoms with Gasteiger partial charge in [0.1, 0.15) is 11.4 Å². The second-order valence-electron chi connectivity index (χ2n) is 13.6. The first kappa shape index (κ1) is 38.6. The van der Waals surface area contributed by atoms with E-state index in [2.05, 4.69) is 20.9 Å². The van der Waals surface area contributed by atoms with Gasteiger partial charge in [-0.15, -0.1) is 5.10 Å². The third kappa shape index (κ3) is 9.96. The number of nitrogens with zero attached hydrogens (tertiary/aromatic N) is 4. The van der Waals surface area contributed by atoms with E-state index < -0.39 is 17.2 Å². The lowest BCUT2D eigenvalue weighted by Gasteiger charge is -2.29. The average Bonchev–Trinajstić information content (AvgIpc) is 3.52. The van der Waals surface area contributed by atoms with Gasteiger partial charge < -0.3 is 34.9 Å². The molecule has 13 heteroatoms. The summed E-state index contributed by atoms with van der Waals surface area (Å²) >= 11 is 0. The first-order chi connectivity index (χ1) is 23.9. The van der Waals surface area contributed by atoms with Crippen LogP contribution in [0.15, 0.2) is 48.5 Å². The van der Waals surface area contributed by atoms with Crippen molar-refractivity contribution in [3.8, 4) is 22.5 Å². The van der Waals surface area contributed by atoms with E-state index in [0.29, 0.717) is 68.4 Å². The summed E-state index contributed by atoms with van der Waals surface area (Å²) in [6.07, 6.45) is 0.0856. The highest BCUT2D eigenvalue weighted by atomic mass is 16.5. The van der Waals surface area contributed by atoms with Crippen molar-refractivity contribution in [2.45, 2.75) is 78.7 Å². The molecule has 2 heterocycles. The van der Waals surface area contributed by atoms with E-state index in [9.17, 15) is 19.5 Å². The lowest BCUT2D eigenvalue weighted by Crippen LogP contribution is -2.39. The molecule has 0 saturated carbocycles. The van der Waals surface area contributed by atoms with E-state index in [1.54, 1.807) is 12.0 Å². The number of ether oxygens (including phenoxy) is 3. The largest absolute Gasteiger partial charge is 0.382 e. The molecule has 0 bridgehead atoms. The monoisotopic (exact) mass is 692 g/mol. The van der Waals surface area contributed by atoms with Gasteiger partial charge in [0.15, 0.2) is 6.23 Å². The van der Waals surface area contributed by atoms with E-state index >= 15 is 0 Å². The smallest absolute Gasteiger partial charge is 0.227 e. The van der Waals surface area contributed by atoms with Gasteiger partial charge in [-0.25, -0.2) is 4.68 Å². The number of carbonyl (C=O) groups is 3. The second kappa shape index (κ2) is 17.7. The van der Waals surface area contributed by atoms with Gasteiger partial charge >= 0.3 is 0 Å². The van der Waals surface area contributed by atoms with E-state index in [4.69, 9.17) is 14.2 Å². The Labute approximate surface area is 294 Å². The molecule has 1 aliphatic rings. The molecule has 3 amide bonds. The lowest BCUT2D eigenvalue weighted by atomic mass is 9.88. The van der Waals surface area contributed by atoms with Gasteiger partial charge in [-0.3, -0.25) is 14.4 Å². The summed E-state index contributed by atoms with van der Waals surface area (Å²) in [5.41, 5.74) is 3.06. The van der Waals surface area contributed by atoms with Crippen LogP contribution >= 0.6 is 0 Å². The molecule has 1 aliphatic heterocycles. The van der Waals surface area contributed by atoms with Crippen LogP contribution in [0.3, 0.4) is 0 Å². The quantitative estimate of drug-likeness (QED) is 0.166. The fraction of sp³-hybridized carbons (Fsp3) is 0.541. The Morgan fingerprint density at radius 2 is 1.66 bits per heavy atom. The number of nitrogens with one attached hydrogen (secondary N) is 2. The molecule has 4 rings (SSSR count). The zero-order valence-electron chi connectivity index (χ0n) is 30.2. The van der Waals surface area contributed by atoms with Crippen molar-refractivity contribution < 1.29 is 33.7 Å². The molecular formula is C37H52N6O7. The third-order valence-corrected chi connectivity index (χ3v) is 8.81. The van der Waals surface area contributed by atoms with Gasteiger partial charge in [0.2, 0.25) is 17.7 Å². The minimum absolute atomic E-state index is 0.000376. The molecule has 0 fully saturated rings. The summed E-state index contributed by atoms with van der Waals surface area (Å²) in [5.74, 6) is -0.429. The molecule has 0 spiro atoms. The number of rotatable bonds is 18. The Bertz CT molecular complexity index is 1600. The Hall–Kier alpha value is -4.17. The zero-order chi connectivity index (χ0) is 36.3.